The van der Waals surface area contributed by atoms with Crippen LogP contribution in [0.2, 0.25) is 0 Å². The summed E-state index contributed by atoms with van der Waals surface area (Å²) in [5.41, 5.74) is 1.77. The maximum atomic E-state index is 12.7. The predicted octanol–water partition coefficient (Wildman–Crippen LogP) is 2.47. The lowest BCUT2D eigenvalue weighted by molar-refractivity contribution is 0.229. The molecule has 108 valence electrons. The highest BCUT2D eigenvalue weighted by Gasteiger charge is 2.33. The van der Waals surface area contributed by atoms with E-state index < -0.39 is 7.60 Å². The van der Waals surface area contributed by atoms with Gasteiger partial charge in [-0.3, -0.25) is 4.57 Å². The zero-order chi connectivity index (χ0) is 14.6. The number of benzene rings is 1. The normalized spacial score (nSPS) is 11.8. The topological polar surface area (TPSA) is 66.2 Å². The highest BCUT2D eigenvalue weighted by molar-refractivity contribution is 7.62. The summed E-state index contributed by atoms with van der Waals surface area (Å²) >= 11 is 0. The number of hydrogen-bond donors (Lipinski definition) is 0. The Balaban J connectivity index is 2.44. The molecule has 1 aromatic carbocycles. The molecule has 2 rings (SSSR count). The molecule has 0 saturated carbocycles. The third-order valence-electron chi connectivity index (χ3n) is 2.73. The number of nitrogens with zero attached hydrogens (tertiary/aromatic N) is 3. The first-order valence-electron chi connectivity index (χ1n) is 6.49. The monoisotopic (exact) mass is 295 g/mol. The van der Waals surface area contributed by atoms with Crippen LogP contribution in [0, 0.1) is 6.92 Å². The molecule has 0 amide bonds. The number of hydrogen-bond acceptors (Lipinski definition) is 5. The van der Waals surface area contributed by atoms with Crippen molar-refractivity contribution in [3.63, 3.8) is 0 Å². The fourth-order valence-electron chi connectivity index (χ4n) is 1.89. The first-order chi connectivity index (χ1) is 9.62. The molecular formula is C13H18N3O3P. The minimum Gasteiger partial charge on any atom is -0.304 e. The summed E-state index contributed by atoms with van der Waals surface area (Å²) in [7, 11) is -3.40. The van der Waals surface area contributed by atoms with E-state index in [1.165, 1.54) is 0 Å². The van der Waals surface area contributed by atoms with Gasteiger partial charge >= 0.3 is 7.60 Å². The van der Waals surface area contributed by atoms with Crippen LogP contribution in [0.4, 0.5) is 0 Å². The molecule has 0 spiro atoms. The smallest absolute Gasteiger partial charge is 0.304 e. The van der Waals surface area contributed by atoms with Gasteiger partial charge in [-0.2, -0.15) is 0 Å². The van der Waals surface area contributed by atoms with Crippen molar-refractivity contribution in [2.24, 2.45) is 0 Å². The standard InChI is InChI=1S/C13H18N3O3P/c1-4-18-20(17,19-5-2)13-11(3)16(15-14-13)12-9-7-6-8-10-12/h6-10H,4-5H2,1-3H3. The largest absolute Gasteiger partial charge is 0.383 e. The highest BCUT2D eigenvalue weighted by atomic mass is 31.2. The second-order valence-electron chi connectivity index (χ2n) is 4.08. The van der Waals surface area contributed by atoms with Gasteiger partial charge in [0.2, 0.25) is 0 Å². The van der Waals surface area contributed by atoms with Crippen molar-refractivity contribution >= 4 is 13.0 Å². The summed E-state index contributed by atoms with van der Waals surface area (Å²) < 4.78 is 25.0. The molecule has 2 aromatic rings. The van der Waals surface area contributed by atoms with Gasteiger partial charge in [0.1, 0.15) is 0 Å². The van der Waals surface area contributed by atoms with Gasteiger partial charge in [0, 0.05) is 0 Å². The van der Waals surface area contributed by atoms with E-state index in [1.807, 2.05) is 30.3 Å². The Labute approximate surface area is 118 Å². The third kappa shape index (κ3) is 2.82. The van der Waals surface area contributed by atoms with E-state index >= 15 is 0 Å². The van der Waals surface area contributed by atoms with Crippen molar-refractivity contribution in [1.82, 2.24) is 15.0 Å². The van der Waals surface area contributed by atoms with Gasteiger partial charge in [0.25, 0.3) is 0 Å². The highest BCUT2D eigenvalue weighted by Crippen LogP contribution is 2.46. The summed E-state index contributed by atoms with van der Waals surface area (Å²) in [5.74, 6) is 0. The third-order valence-corrected chi connectivity index (χ3v) is 4.86. The molecule has 1 aromatic heterocycles. The van der Waals surface area contributed by atoms with Gasteiger partial charge < -0.3 is 9.05 Å². The molecule has 7 heteroatoms. The number of rotatable bonds is 6. The van der Waals surface area contributed by atoms with Gasteiger partial charge in [0.15, 0.2) is 5.44 Å². The molecule has 20 heavy (non-hydrogen) atoms. The average molecular weight is 295 g/mol. The van der Waals surface area contributed by atoms with Crippen molar-refractivity contribution in [1.29, 1.82) is 0 Å². The Kier molecular flexibility index (Phi) is 4.70. The quantitative estimate of drug-likeness (QED) is 0.766. The summed E-state index contributed by atoms with van der Waals surface area (Å²) in [5, 5.41) is 8.05. The van der Waals surface area contributed by atoms with E-state index in [1.54, 1.807) is 25.5 Å². The fraction of sp³-hybridized carbons (Fsp3) is 0.385. The average Bonchev–Trinajstić information content (AvgIpc) is 2.83. The molecule has 0 fully saturated rings. The molecule has 0 aliphatic rings. The van der Waals surface area contributed by atoms with Crippen molar-refractivity contribution in [2.45, 2.75) is 20.8 Å². The first kappa shape index (κ1) is 14.9. The maximum Gasteiger partial charge on any atom is 0.383 e. The van der Waals surface area contributed by atoms with Crippen LogP contribution < -0.4 is 5.44 Å². The lowest BCUT2D eigenvalue weighted by atomic mass is 10.3. The zero-order valence-electron chi connectivity index (χ0n) is 11.8. The van der Waals surface area contributed by atoms with Crippen LogP contribution in [-0.4, -0.2) is 28.2 Å². The van der Waals surface area contributed by atoms with E-state index in [4.69, 9.17) is 9.05 Å². The Morgan fingerprint density at radius 3 is 2.30 bits per heavy atom. The minimum atomic E-state index is -3.40. The zero-order valence-corrected chi connectivity index (χ0v) is 12.7. The summed E-state index contributed by atoms with van der Waals surface area (Å²) in [4.78, 5) is 0. The number of aromatic nitrogens is 3. The molecule has 0 atom stereocenters. The number of para-hydroxylation sites is 1. The van der Waals surface area contributed by atoms with E-state index in [0.717, 1.165) is 5.69 Å². The van der Waals surface area contributed by atoms with Crippen LogP contribution in [0.5, 0.6) is 0 Å². The molecule has 0 unspecified atom stereocenters. The van der Waals surface area contributed by atoms with Crippen LogP contribution in [0.25, 0.3) is 5.69 Å². The molecule has 0 aliphatic heterocycles. The molecule has 6 nitrogen and oxygen atoms in total. The fourth-order valence-corrected chi connectivity index (χ4v) is 3.53. The predicted molar refractivity (Wildman–Crippen MR) is 76.6 cm³/mol. The van der Waals surface area contributed by atoms with Crippen molar-refractivity contribution in [3.8, 4) is 5.69 Å². The summed E-state index contributed by atoms with van der Waals surface area (Å²) in [6.07, 6.45) is 0. The Morgan fingerprint density at radius 1 is 1.15 bits per heavy atom. The van der Waals surface area contributed by atoms with E-state index in [0.29, 0.717) is 5.69 Å². The van der Waals surface area contributed by atoms with Gasteiger partial charge in [-0.05, 0) is 32.9 Å². The van der Waals surface area contributed by atoms with Gasteiger partial charge in [-0.15, -0.1) is 5.10 Å². The second kappa shape index (κ2) is 6.31. The van der Waals surface area contributed by atoms with Crippen molar-refractivity contribution in [2.75, 3.05) is 13.2 Å². The minimum absolute atomic E-state index is 0.269. The molecule has 1 heterocycles. The van der Waals surface area contributed by atoms with E-state index in [9.17, 15) is 4.57 Å². The Bertz CT molecular complexity index is 603. The molecule has 0 aliphatic carbocycles. The first-order valence-corrected chi connectivity index (χ1v) is 8.04. The lowest BCUT2D eigenvalue weighted by Gasteiger charge is -2.15. The van der Waals surface area contributed by atoms with Crippen LogP contribution in [-0.2, 0) is 13.6 Å². The maximum absolute atomic E-state index is 12.7. The second-order valence-corrected chi connectivity index (χ2v) is 6.01. The Morgan fingerprint density at radius 2 is 1.75 bits per heavy atom. The Hall–Kier alpha value is -1.49. The van der Waals surface area contributed by atoms with E-state index in [2.05, 4.69) is 10.3 Å². The van der Waals surface area contributed by atoms with Gasteiger partial charge in [-0.25, -0.2) is 4.68 Å². The van der Waals surface area contributed by atoms with Crippen LogP contribution in [0.3, 0.4) is 0 Å². The van der Waals surface area contributed by atoms with Crippen LogP contribution in [0.15, 0.2) is 30.3 Å². The molecule has 0 bridgehead atoms. The van der Waals surface area contributed by atoms with E-state index in [-0.39, 0.29) is 18.6 Å². The van der Waals surface area contributed by atoms with Crippen LogP contribution in [0.1, 0.15) is 19.5 Å². The van der Waals surface area contributed by atoms with Gasteiger partial charge in [-0.1, -0.05) is 23.4 Å². The van der Waals surface area contributed by atoms with Crippen molar-refractivity contribution < 1.29 is 13.6 Å². The van der Waals surface area contributed by atoms with Crippen molar-refractivity contribution in [3.05, 3.63) is 36.0 Å². The molecule has 0 saturated heterocycles. The molecular weight excluding hydrogens is 277 g/mol. The molecule has 0 N–H and O–H groups in total. The lowest BCUT2D eigenvalue weighted by Crippen LogP contribution is -2.15. The van der Waals surface area contributed by atoms with Crippen LogP contribution >= 0.6 is 7.60 Å². The SMILES string of the molecule is CCOP(=O)(OCC)c1nnn(-c2ccccc2)c1C. The summed E-state index contributed by atoms with van der Waals surface area (Å²) in [6.45, 7) is 5.90. The summed E-state index contributed by atoms with van der Waals surface area (Å²) in [6, 6.07) is 9.53. The molecule has 0 radical (unpaired) electrons. The van der Waals surface area contributed by atoms with Gasteiger partial charge in [0.05, 0.1) is 24.6 Å².